The first-order chi connectivity index (χ1) is 32.3. The Labute approximate surface area is 405 Å². The largest absolute Gasteiger partial charge is 0.460 e. The average Bonchev–Trinajstić information content (AvgIpc) is 3.32. The standard InChI is InChI=1S/C53H83NO14/c1-32-16-12-11-13-17-33(2)44(63-8)30-40-21-19-38(7)53(62,68-40)50(59)51(60)54-23-15-14-18-41(54)52(61)67-45(35(4)28-39-20-22-43(66-25-24-55)46(29-39)64-9)31-42(56)34(3)27-37(6)48(58)49(65-10)47(57)36(5)26-32/h11-13,16-17,27,32,34-36,38-41,43-46,48-49,55,58,62H,14-15,18-26,28-31H2,1-10H3/b13-11?,16-12+,33-17?,37-27+/t32-,34+,35+,36-,38+,39-,40-,41?,43+,44-,45-,46-,48+,49-,53+/m0/s1. The van der Waals surface area contributed by atoms with E-state index in [0.29, 0.717) is 63.4 Å². The van der Waals surface area contributed by atoms with Crippen LogP contribution in [0.15, 0.2) is 47.6 Å². The van der Waals surface area contributed by atoms with Crippen molar-refractivity contribution in [2.45, 2.75) is 180 Å². The summed E-state index contributed by atoms with van der Waals surface area (Å²) in [6.07, 6.45) is 12.0. The molecule has 1 aliphatic carbocycles. The molecule has 0 aromatic heterocycles. The van der Waals surface area contributed by atoms with Gasteiger partial charge in [-0.3, -0.25) is 19.2 Å². The minimum atomic E-state index is -2.43. The summed E-state index contributed by atoms with van der Waals surface area (Å²) >= 11 is 0. The summed E-state index contributed by atoms with van der Waals surface area (Å²) in [6.45, 7) is 12.9. The predicted octanol–water partition coefficient (Wildman–Crippen LogP) is 6.20. The Hall–Kier alpha value is -3.41. The van der Waals surface area contributed by atoms with Crippen LogP contribution in [0.25, 0.3) is 0 Å². The Bertz CT molecular complexity index is 1810. The van der Waals surface area contributed by atoms with Crippen LogP contribution >= 0.6 is 0 Å². The Balaban J connectivity index is 1.70. The van der Waals surface area contributed by atoms with Crippen LogP contribution < -0.4 is 0 Å². The van der Waals surface area contributed by atoms with Gasteiger partial charge >= 0.3 is 5.97 Å². The highest BCUT2D eigenvalue weighted by Gasteiger charge is 2.53. The second-order valence-corrected chi connectivity index (χ2v) is 20.2. The third-order valence-corrected chi connectivity index (χ3v) is 14.9. The van der Waals surface area contributed by atoms with E-state index < -0.39 is 77.8 Å². The van der Waals surface area contributed by atoms with Gasteiger partial charge in [-0.25, -0.2) is 4.79 Å². The number of ketones is 3. The summed E-state index contributed by atoms with van der Waals surface area (Å²) in [5.41, 5.74) is 1.26. The molecule has 15 nitrogen and oxygen atoms in total. The third-order valence-electron chi connectivity index (χ3n) is 14.9. The highest BCUT2D eigenvalue weighted by Crippen LogP contribution is 2.38. The SMILES string of the molecule is CO[C@H]1C[C@@H]2CC[C@@H](C)[C@@](O)(O2)C(=O)C(=O)N2CCCCC2C(=O)O[C@H]([C@H](C)C[C@@H]2CC[C@@H](OCCO)[C@@H](OC)C2)CC(=O)[C@H](C)/C=C(\C)[C@@H](O)[C@@H](OC)C(=O)[C@@H](C)C[C@@H](C)/C=C/C=CC=C1C. The van der Waals surface area contributed by atoms with Crippen molar-refractivity contribution in [3.05, 3.63) is 47.6 Å². The summed E-state index contributed by atoms with van der Waals surface area (Å²) in [5.74, 6) is -7.96. The zero-order chi connectivity index (χ0) is 50.3. The van der Waals surface area contributed by atoms with Crippen LogP contribution in [0.5, 0.6) is 0 Å². The quantitative estimate of drug-likeness (QED) is 0.134. The zero-order valence-corrected chi connectivity index (χ0v) is 42.4. The molecule has 0 aromatic rings. The van der Waals surface area contributed by atoms with Gasteiger partial charge in [-0.2, -0.15) is 0 Å². The summed E-state index contributed by atoms with van der Waals surface area (Å²) in [5, 5.41) is 32.8. The number of Topliss-reactive ketones (excluding diaryl/α,β-unsaturated/α-hetero) is 3. The fraction of sp³-hybridized carbons (Fsp3) is 0.755. The average molecular weight is 958 g/mol. The van der Waals surface area contributed by atoms with Gasteiger partial charge in [0.25, 0.3) is 11.7 Å². The van der Waals surface area contributed by atoms with Crippen LogP contribution in [0.1, 0.15) is 126 Å². The predicted molar refractivity (Wildman–Crippen MR) is 256 cm³/mol. The number of hydrogen-bond donors (Lipinski definition) is 3. The van der Waals surface area contributed by atoms with Crippen LogP contribution in [-0.2, 0) is 52.4 Å². The second kappa shape index (κ2) is 27.3. The number of allylic oxidation sites excluding steroid dienone is 6. The van der Waals surface area contributed by atoms with E-state index in [9.17, 15) is 39.3 Å². The number of aliphatic hydroxyl groups is 3. The van der Waals surface area contributed by atoms with Crippen molar-refractivity contribution < 1.29 is 67.7 Å². The van der Waals surface area contributed by atoms with Gasteiger partial charge in [0, 0.05) is 58.5 Å². The first-order valence-corrected chi connectivity index (χ1v) is 25.0. The first-order valence-electron chi connectivity index (χ1n) is 25.0. The van der Waals surface area contributed by atoms with Gasteiger partial charge in [0.1, 0.15) is 30.1 Å². The van der Waals surface area contributed by atoms with Crippen LogP contribution in [0.4, 0.5) is 0 Å². The highest BCUT2D eigenvalue weighted by molar-refractivity contribution is 6.39. The number of fused-ring (bicyclic) bond motifs is 3. The van der Waals surface area contributed by atoms with Crippen LogP contribution in [0, 0.1) is 35.5 Å². The lowest BCUT2D eigenvalue weighted by Crippen LogP contribution is -2.61. The third kappa shape index (κ3) is 15.3. The molecule has 3 heterocycles. The van der Waals surface area contributed by atoms with Crippen molar-refractivity contribution >= 4 is 29.2 Å². The van der Waals surface area contributed by atoms with Gasteiger partial charge in [0.05, 0.1) is 37.6 Å². The Morgan fingerprint density at radius 3 is 2.26 bits per heavy atom. The van der Waals surface area contributed by atoms with E-state index in [1.54, 1.807) is 41.1 Å². The maximum absolute atomic E-state index is 14.5. The molecule has 15 heteroatoms. The first kappa shape index (κ1) is 57.2. The van der Waals surface area contributed by atoms with E-state index in [4.69, 9.17) is 28.4 Å². The van der Waals surface area contributed by atoms with Gasteiger partial charge in [-0.1, -0.05) is 71.1 Å². The van der Waals surface area contributed by atoms with Crippen LogP contribution in [-0.4, -0.2) is 145 Å². The normalized spacial score (nSPS) is 37.9. The van der Waals surface area contributed by atoms with Gasteiger partial charge in [0.15, 0.2) is 5.78 Å². The molecular weight excluding hydrogens is 875 g/mol. The smallest absolute Gasteiger partial charge is 0.329 e. The molecule has 2 saturated heterocycles. The second-order valence-electron chi connectivity index (χ2n) is 20.2. The van der Waals surface area contributed by atoms with E-state index in [1.807, 2.05) is 58.1 Å². The Morgan fingerprint density at radius 1 is 0.853 bits per heavy atom. The molecule has 1 amide bonds. The molecule has 0 radical (unpaired) electrons. The van der Waals surface area contributed by atoms with E-state index in [2.05, 4.69) is 0 Å². The number of ether oxygens (including phenoxy) is 6. The molecule has 0 spiro atoms. The molecule has 384 valence electrons. The Morgan fingerprint density at radius 2 is 1.59 bits per heavy atom. The van der Waals surface area contributed by atoms with Gasteiger partial charge < -0.3 is 48.6 Å². The molecule has 15 atom stereocenters. The van der Waals surface area contributed by atoms with Crippen LogP contribution in [0.2, 0.25) is 0 Å². The summed E-state index contributed by atoms with van der Waals surface area (Å²) < 4.78 is 35.6. The molecule has 0 aromatic carbocycles. The zero-order valence-electron chi connectivity index (χ0n) is 42.4. The number of aliphatic hydroxyl groups excluding tert-OH is 2. The van der Waals surface area contributed by atoms with Crippen molar-refractivity contribution in [3.63, 3.8) is 0 Å². The van der Waals surface area contributed by atoms with E-state index in [0.717, 1.165) is 12.0 Å². The van der Waals surface area contributed by atoms with E-state index in [1.165, 1.54) is 12.0 Å². The molecular formula is C53H83NO14. The highest BCUT2D eigenvalue weighted by atomic mass is 16.6. The van der Waals surface area contributed by atoms with Gasteiger partial charge in [-0.15, -0.1) is 0 Å². The van der Waals surface area contributed by atoms with Crippen molar-refractivity contribution in [2.75, 3.05) is 41.1 Å². The minimum Gasteiger partial charge on any atom is -0.460 e. The number of carbonyl (C=O) groups is 5. The lowest BCUT2D eigenvalue weighted by molar-refractivity contribution is -0.265. The number of hydrogen-bond acceptors (Lipinski definition) is 14. The van der Waals surface area contributed by atoms with Crippen LogP contribution in [0.3, 0.4) is 0 Å². The van der Waals surface area contributed by atoms with Crippen molar-refractivity contribution in [3.8, 4) is 0 Å². The van der Waals surface area contributed by atoms with Gasteiger partial charge in [0.2, 0.25) is 5.79 Å². The molecule has 2 bridgehead atoms. The molecule has 1 unspecified atom stereocenters. The molecule has 3 N–H and O–H groups in total. The summed E-state index contributed by atoms with van der Waals surface area (Å²) in [6, 6.07) is -1.14. The van der Waals surface area contributed by atoms with Crippen molar-refractivity contribution in [2.24, 2.45) is 35.5 Å². The summed E-state index contributed by atoms with van der Waals surface area (Å²) in [4.78, 5) is 72.1. The van der Waals surface area contributed by atoms with Crippen molar-refractivity contribution in [1.82, 2.24) is 4.90 Å². The molecule has 4 rings (SSSR count). The molecule has 68 heavy (non-hydrogen) atoms. The van der Waals surface area contributed by atoms with Crippen molar-refractivity contribution in [1.29, 1.82) is 0 Å². The van der Waals surface area contributed by atoms with E-state index in [-0.39, 0.29) is 74.1 Å². The summed E-state index contributed by atoms with van der Waals surface area (Å²) in [7, 11) is 4.58. The molecule has 3 fully saturated rings. The maximum Gasteiger partial charge on any atom is 0.329 e. The lowest BCUT2D eigenvalue weighted by atomic mass is 9.78. The molecule has 4 aliphatic rings. The number of amides is 1. The van der Waals surface area contributed by atoms with E-state index >= 15 is 0 Å². The fourth-order valence-corrected chi connectivity index (χ4v) is 10.5. The number of nitrogens with zero attached hydrogens (tertiary/aromatic N) is 1. The minimum absolute atomic E-state index is 0.0158. The topological polar surface area (TPSA) is 205 Å². The Kier molecular flexibility index (Phi) is 22.9. The number of methoxy groups -OCH3 is 3. The lowest BCUT2D eigenvalue weighted by Gasteiger charge is -2.42. The maximum atomic E-state index is 14.5. The number of rotatable bonds is 9. The van der Waals surface area contributed by atoms with Gasteiger partial charge in [-0.05, 0) is 107 Å². The number of cyclic esters (lactones) is 1. The number of piperidine rings is 1. The molecule has 1 saturated carbocycles. The molecule has 3 aliphatic heterocycles. The monoisotopic (exact) mass is 958 g/mol. The number of carbonyl (C=O) groups excluding carboxylic acids is 5. The fourth-order valence-electron chi connectivity index (χ4n) is 10.5. The number of esters is 1.